The molecule has 1 saturated heterocycles. The molecule has 1 aromatic heterocycles. The smallest absolute Gasteiger partial charge is 0.257 e. The van der Waals surface area contributed by atoms with Crippen molar-refractivity contribution in [3.63, 3.8) is 0 Å². The third-order valence-corrected chi connectivity index (χ3v) is 4.19. The monoisotopic (exact) mass is 302 g/mol. The van der Waals surface area contributed by atoms with E-state index in [1.54, 1.807) is 18.3 Å². The Balaban J connectivity index is 1.80. The Kier molecular flexibility index (Phi) is 4.20. The van der Waals surface area contributed by atoms with Gasteiger partial charge >= 0.3 is 0 Å². The molecule has 22 heavy (non-hydrogen) atoms. The highest BCUT2D eigenvalue weighted by molar-refractivity contribution is 5.99. The van der Waals surface area contributed by atoms with Gasteiger partial charge in [-0.1, -0.05) is 0 Å². The third kappa shape index (κ3) is 2.87. The molecule has 1 amide bonds. The number of carbonyl (C=O) groups excluding carboxylic acids is 1. The molecule has 1 aromatic carbocycles. The Morgan fingerprint density at radius 3 is 2.64 bits per heavy atom. The molecule has 2 aromatic rings. The maximum atomic E-state index is 13.0. The standard InChI is InChI=1S/C16H19FN4O/c1-18-13-6-8-21(9-7-13)16(22)14-10-19-20-15(14)11-2-4-12(17)5-3-11/h2-5,10,13,18H,6-9H2,1H3,(H,19,20). The zero-order valence-electron chi connectivity index (χ0n) is 12.5. The van der Waals surface area contributed by atoms with Crippen molar-refractivity contribution in [2.45, 2.75) is 18.9 Å². The molecule has 2 N–H and O–H groups in total. The summed E-state index contributed by atoms with van der Waals surface area (Å²) in [6, 6.07) is 6.52. The molecule has 0 bridgehead atoms. The van der Waals surface area contributed by atoms with Gasteiger partial charge in [-0.25, -0.2) is 4.39 Å². The molecule has 1 aliphatic rings. The summed E-state index contributed by atoms with van der Waals surface area (Å²) in [6.45, 7) is 1.47. The molecule has 0 spiro atoms. The molecule has 0 atom stereocenters. The Bertz CT molecular complexity index is 644. The fourth-order valence-corrected chi connectivity index (χ4v) is 2.83. The van der Waals surface area contributed by atoms with E-state index in [2.05, 4.69) is 15.5 Å². The first kappa shape index (κ1) is 14.7. The number of hydrogen-bond donors (Lipinski definition) is 2. The molecule has 2 heterocycles. The van der Waals surface area contributed by atoms with Crippen molar-refractivity contribution in [3.8, 4) is 11.3 Å². The maximum absolute atomic E-state index is 13.0. The molecular weight excluding hydrogens is 283 g/mol. The number of hydrogen-bond acceptors (Lipinski definition) is 3. The van der Waals surface area contributed by atoms with Gasteiger partial charge in [0, 0.05) is 24.7 Å². The Labute approximate surface area is 128 Å². The minimum atomic E-state index is -0.301. The molecule has 0 saturated carbocycles. The van der Waals surface area contributed by atoms with Crippen molar-refractivity contribution in [1.82, 2.24) is 20.4 Å². The van der Waals surface area contributed by atoms with Crippen molar-refractivity contribution in [1.29, 1.82) is 0 Å². The molecule has 3 rings (SSSR count). The number of piperidine rings is 1. The van der Waals surface area contributed by atoms with Gasteiger partial charge in [0.2, 0.25) is 0 Å². The minimum absolute atomic E-state index is 0.0253. The van der Waals surface area contributed by atoms with Crippen LogP contribution in [0.2, 0.25) is 0 Å². The summed E-state index contributed by atoms with van der Waals surface area (Å²) in [5.74, 6) is -0.326. The molecule has 0 aliphatic carbocycles. The van der Waals surface area contributed by atoms with Gasteiger partial charge in [-0.2, -0.15) is 5.10 Å². The van der Waals surface area contributed by atoms with E-state index in [4.69, 9.17) is 0 Å². The van der Waals surface area contributed by atoms with Crippen molar-refractivity contribution in [3.05, 3.63) is 41.8 Å². The Morgan fingerprint density at radius 2 is 2.00 bits per heavy atom. The summed E-state index contributed by atoms with van der Waals surface area (Å²) in [7, 11) is 1.95. The lowest BCUT2D eigenvalue weighted by molar-refractivity contribution is 0.0708. The highest BCUT2D eigenvalue weighted by atomic mass is 19.1. The number of nitrogens with one attached hydrogen (secondary N) is 2. The number of aromatic nitrogens is 2. The summed E-state index contributed by atoms with van der Waals surface area (Å²) in [6.07, 6.45) is 3.45. The van der Waals surface area contributed by atoms with E-state index >= 15 is 0 Å². The number of benzene rings is 1. The van der Waals surface area contributed by atoms with Gasteiger partial charge in [0.1, 0.15) is 5.82 Å². The van der Waals surface area contributed by atoms with Crippen LogP contribution in [0.4, 0.5) is 4.39 Å². The summed E-state index contributed by atoms with van der Waals surface area (Å²) in [4.78, 5) is 14.5. The van der Waals surface area contributed by atoms with Crippen LogP contribution in [0.5, 0.6) is 0 Å². The predicted octanol–water partition coefficient (Wildman–Crippen LogP) is 2.04. The molecule has 5 nitrogen and oxygen atoms in total. The van der Waals surface area contributed by atoms with Gasteiger partial charge in [0.15, 0.2) is 0 Å². The number of aromatic amines is 1. The van der Waals surface area contributed by atoms with Gasteiger partial charge in [-0.05, 0) is 44.2 Å². The molecule has 0 unspecified atom stereocenters. The van der Waals surface area contributed by atoms with E-state index in [0.717, 1.165) is 31.5 Å². The highest BCUT2D eigenvalue weighted by Gasteiger charge is 2.25. The lowest BCUT2D eigenvalue weighted by Crippen LogP contribution is -2.44. The van der Waals surface area contributed by atoms with Crippen LogP contribution in [0.15, 0.2) is 30.5 Å². The van der Waals surface area contributed by atoms with Crippen LogP contribution in [-0.2, 0) is 0 Å². The number of likely N-dealkylation sites (tertiary alicyclic amines) is 1. The zero-order chi connectivity index (χ0) is 15.5. The van der Waals surface area contributed by atoms with Crippen LogP contribution in [0.3, 0.4) is 0 Å². The minimum Gasteiger partial charge on any atom is -0.338 e. The maximum Gasteiger partial charge on any atom is 0.257 e. The number of amides is 1. The summed E-state index contributed by atoms with van der Waals surface area (Å²) in [5.41, 5.74) is 1.93. The fraction of sp³-hybridized carbons (Fsp3) is 0.375. The average Bonchev–Trinajstić information content (AvgIpc) is 3.04. The van der Waals surface area contributed by atoms with Crippen LogP contribution in [-0.4, -0.2) is 47.2 Å². The van der Waals surface area contributed by atoms with Crippen LogP contribution < -0.4 is 5.32 Å². The lowest BCUT2D eigenvalue weighted by Gasteiger charge is -2.31. The quantitative estimate of drug-likeness (QED) is 0.912. The summed E-state index contributed by atoms with van der Waals surface area (Å²) in [5, 5.41) is 10.1. The molecule has 1 fully saturated rings. The SMILES string of the molecule is CNC1CCN(C(=O)c2cn[nH]c2-c2ccc(F)cc2)CC1. The first-order valence-corrected chi connectivity index (χ1v) is 7.45. The number of rotatable bonds is 3. The van der Waals surface area contributed by atoms with Crippen LogP contribution in [0, 0.1) is 5.82 Å². The topological polar surface area (TPSA) is 61.0 Å². The molecule has 116 valence electrons. The van der Waals surface area contributed by atoms with Crippen molar-refractivity contribution in [2.75, 3.05) is 20.1 Å². The third-order valence-electron chi connectivity index (χ3n) is 4.19. The first-order valence-electron chi connectivity index (χ1n) is 7.45. The summed E-state index contributed by atoms with van der Waals surface area (Å²) < 4.78 is 13.0. The van der Waals surface area contributed by atoms with Gasteiger partial charge in [0.25, 0.3) is 5.91 Å². The van der Waals surface area contributed by atoms with Crippen molar-refractivity contribution < 1.29 is 9.18 Å². The molecule has 1 aliphatic heterocycles. The van der Waals surface area contributed by atoms with Crippen LogP contribution in [0.25, 0.3) is 11.3 Å². The second-order valence-electron chi connectivity index (χ2n) is 5.52. The molecule has 6 heteroatoms. The first-order chi connectivity index (χ1) is 10.7. The zero-order valence-corrected chi connectivity index (χ0v) is 12.5. The van der Waals surface area contributed by atoms with Gasteiger partial charge in [-0.3, -0.25) is 9.89 Å². The lowest BCUT2D eigenvalue weighted by atomic mass is 10.0. The van der Waals surface area contributed by atoms with Gasteiger partial charge in [0.05, 0.1) is 17.5 Å². The van der Waals surface area contributed by atoms with E-state index < -0.39 is 0 Å². The molecular formula is C16H19FN4O. The van der Waals surface area contributed by atoms with Crippen LogP contribution >= 0.6 is 0 Å². The Morgan fingerprint density at radius 1 is 1.32 bits per heavy atom. The number of H-pyrrole nitrogens is 1. The number of halogens is 1. The predicted molar refractivity (Wildman–Crippen MR) is 82.0 cm³/mol. The van der Waals surface area contributed by atoms with E-state index in [1.165, 1.54) is 12.1 Å². The fourth-order valence-electron chi connectivity index (χ4n) is 2.83. The van der Waals surface area contributed by atoms with E-state index in [0.29, 0.717) is 17.3 Å². The molecule has 0 radical (unpaired) electrons. The van der Waals surface area contributed by atoms with E-state index in [9.17, 15) is 9.18 Å². The van der Waals surface area contributed by atoms with E-state index in [1.807, 2.05) is 11.9 Å². The normalized spacial score (nSPS) is 16.0. The Hall–Kier alpha value is -2.21. The second kappa shape index (κ2) is 6.27. The van der Waals surface area contributed by atoms with E-state index in [-0.39, 0.29) is 11.7 Å². The second-order valence-corrected chi connectivity index (χ2v) is 5.52. The van der Waals surface area contributed by atoms with Crippen LogP contribution in [0.1, 0.15) is 23.2 Å². The van der Waals surface area contributed by atoms with Gasteiger partial charge < -0.3 is 10.2 Å². The van der Waals surface area contributed by atoms with Crippen molar-refractivity contribution >= 4 is 5.91 Å². The number of carbonyl (C=O) groups is 1. The van der Waals surface area contributed by atoms with Crippen molar-refractivity contribution in [2.24, 2.45) is 0 Å². The number of nitrogens with zero attached hydrogens (tertiary/aromatic N) is 2. The largest absolute Gasteiger partial charge is 0.338 e. The highest BCUT2D eigenvalue weighted by Crippen LogP contribution is 2.23. The van der Waals surface area contributed by atoms with Gasteiger partial charge in [-0.15, -0.1) is 0 Å². The summed E-state index contributed by atoms with van der Waals surface area (Å²) >= 11 is 0. The average molecular weight is 302 g/mol.